The van der Waals surface area contributed by atoms with Gasteiger partial charge in [-0.15, -0.1) is 0 Å². The van der Waals surface area contributed by atoms with Crippen molar-refractivity contribution < 1.29 is 37.5 Å². The monoisotopic (exact) mass is 292 g/mol. The Hall–Kier alpha value is -0.666. The largest absolute Gasteiger partial charge is 0.454 e. The van der Waals surface area contributed by atoms with Crippen LogP contribution in [0.4, 0.5) is 11.4 Å². The molecule has 83 valence electrons. The quantitative estimate of drug-likeness (QED) is 0.637. The van der Waals surface area contributed by atoms with Gasteiger partial charge in [-0.3, -0.25) is 0 Å². The summed E-state index contributed by atoms with van der Waals surface area (Å²) in [6.45, 7) is 4.00. The topological polar surface area (TPSA) is 32.3 Å². The van der Waals surface area contributed by atoms with Crippen molar-refractivity contribution in [3.05, 3.63) is 36.2 Å². The number of nitrogens with zero attached hydrogens (tertiary/aromatic N) is 1. The van der Waals surface area contributed by atoms with Crippen molar-refractivity contribution in [1.82, 2.24) is 0 Å². The van der Waals surface area contributed by atoms with Gasteiger partial charge < -0.3 is 15.0 Å². The molecule has 0 fully saturated rings. The molecule has 1 aliphatic heterocycles. The van der Waals surface area contributed by atoms with E-state index in [4.69, 9.17) is 0 Å². The average Bonchev–Trinajstić information content (AvgIpc) is 2.31. The molecule has 0 unspecified atom stereocenters. The van der Waals surface area contributed by atoms with E-state index >= 15 is 0 Å². The van der Waals surface area contributed by atoms with Crippen LogP contribution in [-0.4, -0.2) is 13.3 Å². The van der Waals surface area contributed by atoms with Crippen LogP contribution in [0.5, 0.6) is 0 Å². The molecular weight excluding hydrogens is 277 g/mol. The van der Waals surface area contributed by atoms with Crippen LogP contribution in [0, 0.1) is 6.20 Å². The van der Waals surface area contributed by atoms with E-state index in [-0.39, 0.29) is 32.7 Å². The first kappa shape index (κ1) is 15.3. The van der Waals surface area contributed by atoms with Gasteiger partial charge in [-0.25, -0.2) is 0 Å². The second-order valence-corrected chi connectivity index (χ2v) is 2.84. The molecule has 0 aromatic heterocycles. The molecule has 1 aliphatic rings. The van der Waals surface area contributed by atoms with E-state index in [0.29, 0.717) is 5.70 Å². The number of carbonyl (C=O) groups excluding carboxylic acids is 1. The molecule has 1 N–H and O–H groups in total. The van der Waals surface area contributed by atoms with Crippen molar-refractivity contribution in [2.45, 2.75) is 13.8 Å². The molecule has 16 heavy (non-hydrogen) atoms. The molecule has 2 rings (SSSR count). The number of carbonyl (C=O) groups is 1. The number of anilines is 2. The molecule has 0 aliphatic carbocycles. The molecule has 0 bridgehead atoms. The first-order valence-electron chi connectivity index (χ1n) is 5.00. The van der Waals surface area contributed by atoms with Crippen molar-refractivity contribution in [3.8, 4) is 0 Å². The van der Waals surface area contributed by atoms with E-state index in [9.17, 15) is 4.79 Å². The minimum absolute atomic E-state index is 0. The van der Waals surface area contributed by atoms with Gasteiger partial charge in [0.25, 0.3) is 0 Å². The number of benzene rings is 1. The van der Waals surface area contributed by atoms with Crippen molar-refractivity contribution >= 4 is 17.7 Å². The summed E-state index contributed by atoms with van der Waals surface area (Å²) in [5.41, 5.74) is 2.42. The maximum atomic E-state index is 10.5. The maximum Gasteiger partial charge on any atom is 0.0654 e. The Labute approximate surface area is 122 Å². The Morgan fingerprint density at radius 3 is 2.56 bits per heavy atom. The van der Waals surface area contributed by atoms with E-state index in [1.807, 2.05) is 45.2 Å². The summed E-state index contributed by atoms with van der Waals surface area (Å²) in [7, 11) is 1.86. The molecule has 0 saturated carbocycles. The van der Waals surface area contributed by atoms with Gasteiger partial charge in [0.05, 0.1) is 6.29 Å². The molecular formula is C12H15N2OY-. The summed E-state index contributed by atoms with van der Waals surface area (Å²) in [5, 5.41) is 2.97. The van der Waals surface area contributed by atoms with Crippen LogP contribution < -0.4 is 10.2 Å². The van der Waals surface area contributed by atoms with Gasteiger partial charge >= 0.3 is 0 Å². The molecule has 0 atom stereocenters. The molecule has 3 nitrogen and oxygen atoms in total. The molecule has 1 radical (unpaired) electrons. The number of para-hydroxylation sites is 2. The average molecular weight is 292 g/mol. The second-order valence-electron chi connectivity index (χ2n) is 2.84. The number of hydrogen-bond acceptors (Lipinski definition) is 3. The normalized spacial score (nSPS) is 11.9. The smallest absolute Gasteiger partial charge is 0.0654 e. The molecule has 4 heteroatoms. The maximum absolute atomic E-state index is 10.5. The summed E-state index contributed by atoms with van der Waals surface area (Å²) in [4.78, 5) is 12.3. The number of hydrogen-bond donors (Lipinski definition) is 1. The minimum atomic E-state index is 0. The van der Waals surface area contributed by atoms with Gasteiger partial charge in [-0.05, 0) is 24.5 Å². The third-order valence-electron chi connectivity index (χ3n) is 1.94. The van der Waals surface area contributed by atoms with E-state index in [1.165, 1.54) is 0 Å². The van der Waals surface area contributed by atoms with Crippen LogP contribution >= 0.6 is 0 Å². The van der Waals surface area contributed by atoms with Crippen LogP contribution in [0.25, 0.3) is 0 Å². The summed E-state index contributed by atoms with van der Waals surface area (Å²) >= 11 is 0. The predicted molar refractivity (Wildman–Crippen MR) is 62.6 cm³/mol. The van der Waals surface area contributed by atoms with Gasteiger partial charge in [-0.2, -0.15) is 0 Å². The van der Waals surface area contributed by atoms with Gasteiger partial charge in [0.2, 0.25) is 0 Å². The third-order valence-corrected chi connectivity index (χ3v) is 1.94. The van der Waals surface area contributed by atoms with E-state index < -0.39 is 0 Å². The molecule has 0 spiro atoms. The molecule has 0 saturated heterocycles. The minimum Gasteiger partial charge on any atom is -0.454 e. The Morgan fingerprint density at radius 1 is 1.31 bits per heavy atom. The zero-order chi connectivity index (χ0) is 11.3. The van der Waals surface area contributed by atoms with E-state index in [2.05, 4.69) is 11.5 Å². The number of fused-ring (bicyclic) bond motifs is 1. The SMILES string of the molecule is CC.CN1[C-]=C(C=O)Nc2ccccc21.[Y]. The number of rotatable bonds is 1. The van der Waals surface area contributed by atoms with Crippen molar-refractivity contribution in [3.63, 3.8) is 0 Å². The van der Waals surface area contributed by atoms with Crippen LogP contribution in [0.3, 0.4) is 0 Å². The van der Waals surface area contributed by atoms with Gasteiger partial charge in [0, 0.05) is 38.4 Å². The summed E-state index contributed by atoms with van der Waals surface area (Å²) in [6, 6.07) is 7.77. The molecule has 0 amide bonds. The first-order chi connectivity index (χ1) is 7.31. The van der Waals surface area contributed by atoms with Gasteiger partial charge in [0.15, 0.2) is 0 Å². The Balaban J connectivity index is 0.000000711. The van der Waals surface area contributed by atoms with Crippen LogP contribution in [0.15, 0.2) is 30.0 Å². The Kier molecular flexibility index (Phi) is 7.27. The summed E-state index contributed by atoms with van der Waals surface area (Å²) in [5.74, 6) is 0. The Morgan fingerprint density at radius 2 is 1.94 bits per heavy atom. The number of nitrogens with one attached hydrogen (secondary N) is 1. The molecule has 1 aromatic carbocycles. The van der Waals surface area contributed by atoms with Crippen molar-refractivity contribution in [2.24, 2.45) is 0 Å². The fraction of sp³-hybridized carbons (Fsp3) is 0.250. The fourth-order valence-corrected chi connectivity index (χ4v) is 1.34. The third kappa shape index (κ3) is 3.43. The summed E-state index contributed by atoms with van der Waals surface area (Å²) < 4.78 is 0. The van der Waals surface area contributed by atoms with Gasteiger partial charge in [-0.1, -0.05) is 38.2 Å². The van der Waals surface area contributed by atoms with Crippen LogP contribution in [-0.2, 0) is 37.5 Å². The second kappa shape index (κ2) is 7.58. The zero-order valence-electron chi connectivity index (χ0n) is 9.82. The van der Waals surface area contributed by atoms with Crippen molar-refractivity contribution in [1.29, 1.82) is 0 Å². The standard InChI is InChI=1S/C10H9N2O.C2H6.Y/c1-12-6-8(7-13)11-9-4-2-3-5-10(9)12;1-2;/h2-5,7,11H,1H3;1-2H3;/q-1;;. The number of aldehydes is 1. The predicted octanol–water partition coefficient (Wildman–Crippen LogP) is 2.42. The van der Waals surface area contributed by atoms with E-state index in [0.717, 1.165) is 17.7 Å². The first-order valence-corrected chi connectivity index (χ1v) is 5.00. The summed E-state index contributed by atoms with van der Waals surface area (Å²) in [6.07, 6.45) is 3.65. The van der Waals surface area contributed by atoms with E-state index in [1.54, 1.807) is 4.90 Å². The van der Waals surface area contributed by atoms with Gasteiger partial charge in [0.1, 0.15) is 0 Å². The fourth-order valence-electron chi connectivity index (χ4n) is 1.34. The zero-order valence-corrected chi connectivity index (χ0v) is 12.7. The molecule has 1 aromatic rings. The number of allylic oxidation sites excluding steroid dienone is 1. The molecule has 1 heterocycles. The van der Waals surface area contributed by atoms with Crippen molar-refractivity contribution in [2.75, 3.05) is 17.3 Å². The van der Waals surface area contributed by atoms with Crippen LogP contribution in [0.1, 0.15) is 13.8 Å². The Bertz CT molecular complexity index is 377. The van der Waals surface area contributed by atoms with Crippen LogP contribution in [0.2, 0.25) is 0 Å².